The Morgan fingerprint density at radius 1 is 1.58 bits per heavy atom. The molecular weight excluding hydrogens is 264 g/mol. The van der Waals surface area contributed by atoms with Crippen LogP contribution in [0.15, 0.2) is 11.5 Å². The Morgan fingerprint density at radius 2 is 2.32 bits per heavy atom. The predicted octanol–water partition coefficient (Wildman–Crippen LogP) is 1.79. The summed E-state index contributed by atoms with van der Waals surface area (Å²) >= 11 is 1.51. The fourth-order valence-corrected chi connectivity index (χ4v) is 2.86. The number of aromatic nitrogens is 1. The number of carbonyl (C=O) groups excluding carboxylic acids is 1. The van der Waals surface area contributed by atoms with Crippen LogP contribution in [0.1, 0.15) is 24.0 Å². The minimum Gasteiger partial charge on any atom is -0.480 e. The van der Waals surface area contributed by atoms with Gasteiger partial charge in [0.05, 0.1) is 10.7 Å². The van der Waals surface area contributed by atoms with Gasteiger partial charge < -0.3 is 10.0 Å². The second-order valence-corrected chi connectivity index (χ2v) is 5.77. The molecule has 2 atom stereocenters. The van der Waals surface area contributed by atoms with E-state index >= 15 is 0 Å². The molecule has 19 heavy (non-hydrogen) atoms. The minimum atomic E-state index is -0.934. The number of likely N-dealkylation sites (tertiary alicyclic amines) is 1. The van der Waals surface area contributed by atoms with Gasteiger partial charge in [-0.25, -0.2) is 9.78 Å². The van der Waals surface area contributed by atoms with Crippen LogP contribution in [0.3, 0.4) is 0 Å². The number of thiazole rings is 1. The van der Waals surface area contributed by atoms with E-state index in [4.69, 9.17) is 5.11 Å². The maximum absolute atomic E-state index is 12.0. The second kappa shape index (κ2) is 5.52. The first kappa shape index (κ1) is 13.7. The first-order valence-corrected chi connectivity index (χ1v) is 7.00. The molecule has 0 aromatic carbocycles. The molecule has 1 amide bonds. The van der Waals surface area contributed by atoms with Crippen molar-refractivity contribution in [1.82, 2.24) is 9.88 Å². The number of rotatable bonds is 3. The third kappa shape index (κ3) is 3.01. The molecule has 2 unspecified atom stereocenters. The summed E-state index contributed by atoms with van der Waals surface area (Å²) in [5, 5.41) is 12.0. The summed E-state index contributed by atoms with van der Waals surface area (Å²) in [5.41, 5.74) is 0.731. The molecule has 1 fully saturated rings. The van der Waals surface area contributed by atoms with Crippen molar-refractivity contribution >= 4 is 29.3 Å². The van der Waals surface area contributed by atoms with Crippen LogP contribution < -0.4 is 0 Å². The fraction of sp³-hybridized carbons (Fsp3) is 0.462. The van der Waals surface area contributed by atoms with E-state index in [-0.39, 0.29) is 11.8 Å². The van der Waals surface area contributed by atoms with E-state index in [0.29, 0.717) is 6.54 Å². The van der Waals surface area contributed by atoms with Crippen molar-refractivity contribution in [3.8, 4) is 0 Å². The van der Waals surface area contributed by atoms with Gasteiger partial charge in [-0.2, -0.15) is 0 Å². The van der Waals surface area contributed by atoms with Gasteiger partial charge in [-0.05, 0) is 25.3 Å². The van der Waals surface area contributed by atoms with E-state index in [0.717, 1.165) is 17.1 Å². The lowest BCUT2D eigenvalue weighted by Crippen LogP contribution is -2.42. The maximum Gasteiger partial charge on any atom is 0.326 e. The van der Waals surface area contributed by atoms with E-state index < -0.39 is 12.0 Å². The third-order valence-corrected chi connectivity index (χ3v) is 4.06. The van der Waals surface area contributed by atoms with Crippen LogP contribution in [0, 0.1) is 12.8 Å². The number of carbonyl (C=O) groups is 2. The van der Waals surface area contributed by atoms with E-state index in [9.17, 15) is 9.59 Å². The molecule has 0 spiro atoms. The number of aliphatic carboxylic acids is 1. The molecular formula is C13H16N2O3S. The number of carboxylic acid groups (broad SMARTS) is 1. The zero-order valence-corrected chi connectivity index (χ0v) is 11.7. The lowest BCUT2D eigenvalue weighted by atomic mass is 10.0. The van der Waals surface area contributed by atoms with Gasteiger partial charge in [0.25, 0.3) is 0 Å². The number of carboxylic acids is 1. The molecule has 2 heterocycles. The van der Waals surface area contributed by atoms with E-state index in [1.54, 1.807) is 6.08 Å². The number of amides is 1. The highest BCUT2D eigenvalue weighted by Crippen LogP contribution is 2.24. The van der Waals surface area contributed by atoms with E-state index in [1.165, 1.54) is 22.3 Å². The normalized spacial score (nSPS) is 23.2. The molecule has 0 radical (unpaired) electrons. The van der Waals surface area contributed by atoms with Crippen molar-refractivity contribution in [2.75, 3.05) is 6.54 Å². The molecule has 5 nitrogen and oxygen atoms in total. The smallest absolute Gasteiger partial charge is 0.326 e. The molecule has 102 valence electrons. The number of aryl methyl sites for hydroxylation is 1. The van der Waals surface area contributed by atoms with Gasteiger partial charge in [-0.15, -0.1) is 11.3 Å². The summed E-state index contributed by atoms with van der Waals surface area (Å²) in [6.45, 7) is 4.25. The summed E-state index contributed by atoms with van der Waals surface area (Å²) in [6.07, 6.45) is 3.77. The molecule has 1 aromatic rings. The van der Waals surface area contributed by atoms with Crippen molar-refractivity contribution in [2.45, 2.75) is 26.3 Å². The van der Waals surface area contributed by atoms with Gasteiger partial charge in [0.15, 0.2) is 0 Å². The molecule has 0 bridgehead atoms. The van der Waals surface area contributed by atoms with Gasteiger partial charge in [0, 0.05) is 18.0 Å². The molecule has 1 aliphatic rings. The molecule has 2 rings (SSSR count). The number of hydrogen-bond acceptors (Lipinski definition) is 4. The fourth-order valence-electron chi connectivity index (χ4n) is 2.28. The summed E-state index contributed by atoms with van der Waals surface area (Å²) in [7, 11) is 0. The predicted molar refractivity (Wildman–Crippen MR) is 72.8 cm³/mol. The van der Waals surface area contributed by atoms with Crippen LogP contribution in [0.25, 0.3) is 6.08 Å². The van der Waals surface area contributed by atoms with Crippen molar-refractivity contribution < 1.29 is 14.7 Å². The van der Waals surface area contributed by atoms with Gasteiger partial charge in [-0.3, -0.25) is 4.79 Å². The molecule has 1 aromatic heterocycles. The van der Waals surface area contributed by atoms with Crippen LogP contribution in [-0.2, 0) is 9.59 Å². The third-order valence-electron chi connectivity index (χ3n) is 3.27. The Bertz CT molecular complexity index is 524. The zero-order chi connectivity index (χ0) is 14.0. The summed E-state index contributed by atoms with van der Waals surface area (Å²) in [4.78, 5) is 28.9. The summed E-state index contributed by atoms with van der Waals surface area (Å²) in [5.74, 6) is -1.20. The minimum absolute atomic E-state index is 0.00336. The van der Waals surface area contributed by atoms with Gasteiger partial charge in [0.1, 0.15) is 6.04 Å². The first-order valence-electron chi connectivity index (χ1n) is 6.12. The van der Waals surface area contributed by atoms with Crippen LogP contribution in [0.5, 0.6) is 0 Å². The van der Waals surface area contributed by atoms with Crippen LogP contribution in [-0.4, -0.2) is 39.5 Å². The van der Waals surface area contributed by atoms with E-state index in [2.05, 4.69) is 4.98 Å². The molecule has 0 aliphatic carbocycles. The maximum atomic E-state index is 12.0. The van der Waals surface area contributed by atoms with Crippen molar-refractivity contribution in [2.24, 2.45) is 5.92 Å². The molecule has 6 heteroatoms. The monoisotopic (exact) mass is 280 g/mol. The standard InChI is InChI=1S/C13H16N2O3S/c1-8-5-6-15(12(8)13(17)18)11(16)4-3-10-7-19-9(2)14-10/h3-4,7-8,12H,5-6H2,1-2H3,(H,17,18)/b4-3+. The number of hydrogen-bond donors (Lipinski definition) is 1. The lowest BCUT2D eigenvalue weighted by molar-refractivity contribution is -0.147. The highest BCUT2D eigenvalue weighted by Gasteiger charge is 2.38. The molecule has 1 N–H and O–H groups in total. The highest BCUT2D eigenvalue weighted by atomic mass is 32.1. The second-order valence-electron chi connectivity index (χ2n) is 4.71. The Kier molecular flexibility index (Phi) is 3.99. The molecule has 1 aliphatic heterocycles. The summed E-state index contributed by atoms with van der Waals surface area (Å²) in [6, 6.07) is -0.714. The first-order chi connectivity index (χ1) is 8.99. The Morgan fingerprint density at radius 3 is 2.89 bits per heavy atom. The molecule has 1 saturated heterocycles. The average molecular weight is 280 g/mol. The zero-order valence-electron chi connectivity index (χ0n) is 10.9. The summed E-state index contributed by atoms with van der Waals surface area (Å²) < 4.78 is 0. The SMILES string of the molecule is Cc1nc(/C=C/C(=O)N2CCC(C)C2C(=O)O)cs1. The quantitative estimate of drug-likeness (QED) is 0.857. The van der Waals surface area contributed by atoms with Crippen molar-refractivity contribution in [3.05, 3.63) is 22.2 Å². The topological polar surface area (TPSA) is 70.5 Å². The average Bonchev–Trinajstić information content (AvgIpc) is 2.92. The van der Waals surface area contributed by atoms with Crippen molar-refractivity contribution in [3.63, 3.8) is 0 Å². The Labute approximate surface area is 115 Å². The Hall–Kier alpha value is -1.69. The van der Waals surface area contributed by atoms with Gasteiger partial charge in [-0.1, -0.05) is 6.92 Å². The van der Waals surface area contributed by atoms with Crippen LogP contribution in [0.4, 0.5) is 0 Å². The number of nitrogens with zero attached hydrogens (tertiary/aromatic N) is 2. The Balaban J connectivity index is 2.07. The van der Waals surface area contributed by atoms with E-state index in [1.807, 2.05) is 19.2 Å². The van der Waals surface area contributed by atoms with Gasteiger partial charge >= 0.3 is 5.97 Å². The van der Waals surface area contributed by atoms with Gasteiger partial charge in [0.2, 0.25) is 5.91 Å². The van der Waals surface area contributed by atoms with Crippen molar-refractivity contribution in [1.29, 1.82) is 0 Å². The van der Waals surface area contributed by atoms with Crippen LogP contribution in [0.2, 0.25) is 0 Å². The molecule has 0 saturated carbocycles. The largest absolute Gasteiger partial charge is 0.480 e. The van der Waals surface area contributed by atoms with Crippen LogP contribution >= 0.6 is 11.3 Å². The lowest BCUT2D eigenvalue weighted by Gasteiger charge is -2.21. The highest BCUT2D eigenvalue weighted by molar-refractivity contribution is 7.09.